The van der Waals surface area contributed by atoms with E-state index in [0.29, 0.717) is 6.54 Å². The monoisotopic (exact) mass is 206 g/mol. The van der Waals surface area contributed by atoms with E-state index in [-0.39, 0.29) is 5.41 Å². The lowest BCUT2D eigenvalue weighted by Crippen LogP contribution is -2.36. The van der Waals surface area contributed by atoms with Crippen LogP contribution in [0.15, 0.2) is 24.3 Å². The highest BCUT2D eigenvalue weighted by atomic mass is 15.1. The first-order valence-corrected chi connectivity index (χ1v) is 5.42. The summed E-state index contributed by atoms with van der Waals surface area (Å²) >= 11 is 0. The Morgan fingerprint density at radius 1 is 1.20 bits per heavy atom. The molecular weight excluding hydrogens is 184 g/mol. The van der Waals surface area contributed by atoms with E-state index >= 15 is 0 Å². The van der Waals surface area contributed by atoms with Crippen LogP contribution in [0.2, 0.25) is 0 Å². The number of nitrogens with zero attached hydrogens (tertiary/aromatic N) is 1. The molecule has 0 bridgehead atoms. The zero-order valence-corrected chi connectivity index (χ0v) is 10.2. The molecule has 0 unspecified atom stereocenters. The van der Waals surface area contributed by atoms with Crippen molar-refractivity contribution in [3.8, 4) is 0 Å². The largest absolute Gasteiger partial charge is 0.374 e. The van der Waals surface area contributed by atoms with Crippen molar-refractivity contribution >= 4 is 5.69 Å². The Kier molecular flexibility index (Phi) is 3.75. The quantitative estimate of drug-likeness (QED) is 0.819. The van der Waals surface area contributed by atoms with Gasteiger partial charge in [-0.25, -0.2) is 0 Å². The number of nitrogens with two attached hydrogens (primary N) is 1. The van der Waals surface area contributed by atoms with E-state index in [2.05, 4.69) is 57.0 Å². The molecule has 0 saturated heterocycles. The number of hydrogen-bond donors (Lipinski definition) is 1. The van der Waals surface area contributed by atoms with Crippen LogP contribution < -0.4 is 10.6 Å². The van der Waals surface area contributed by atoms with Gasteiger partial charge in [-0.3, -0.25) is 0 Å². The summed E-state index contributed by atoms with van der Waals surface area (Å²) in [7, 11) is 2.11. The van der Waals surface area contributed by atoms with Gasteiger partial charge in [-0.2, -0.15) is 0 Å². The van der Waals surface area contributed by atoms with Crippen LogP contribution in [0, 0.1) is 12.3 Å². The van der Waals surface area contributed by atoms with Crippen LogP contribution in [0.25, 0.3) is 0 Å². The lowest BCUT2D eigenvalue weighted by atomic mass is 9.93. The molecule has 2 nitrogen and oxygen atoms in total. The molecule has 2 N–H and O–H groups in total. The van der Waals surface area contributed by atoms with Crippen molar-refractivity contribution in [2.24, 2.45) is 11.1 Å². The SMILES string of the molecule is Cc1ccc(N(C)CC(C)(C)CN)cc1. The second-order valence-electron chi connectivity index (χ2n) is 5.06. The molecule has 0 spiro atoms. The second-order valence-corrected chi connectivity index (χ2v) is 5.06. The lowest BCUT2D eigenvalue weighted by molar-refractivity contribution is 0.385. The van der Waals surface area contributed by atoms with Gasteiger partial charge < -0.3 is 10.6 Å². The molecule has 0 amide bonds. The van der Waals surface area contributed by atoms with Crippen LogP contribution >= 0.6 is 0 Å². The van der Waals surface area contributed by atoms with Crippen molar-refractivity contribution in [3.05, 3.63) is 29.8 Å². The smallest absolute Gasteiger partial charge is 0.0363 e. The predicted octanol–water partition coefficient (Wildman–Crippen LogP) is 2.42. The van der Waals surface area contributed by atoms with Crippen molar-refractivity contribution in [2.75, 3.05) is 25.0 Å². The number of anilines is 1. The fourth-order valence-electron chi connectivity index (χ4n) is 1.60. The molecule has 2 heteroatoms. The van der Waals surface area contributed by atoms with Gasteiger partial charge in [-0.15, -0.1) is 0 Å². The van der Waals surface area contributed by atoms with E-state index in [1.807, 2.05) is 0 Å². The molecule has 0 heterocycles. The maximum absolute atomic E-state index is 5.73. The van der Waals surface area contributed by atoms with Crippen molar-refractivity contribution < 1.29 is 0 Å². The molecule has 0 fully saturated rings. The highest BCUT2D eigenvalue weighted by Gasteiger charge is 2.18. The van der Waals surface area contributed by atoms with E-state index < -0.39 is 0 Å². The van der Waals surface area contributed by atoms with Gasteiger partial charge >= 0.3 is 0 Å². The summed E-state index contributed by atoms with van der Waals surface area (Å²) in [4.78, 5) is 2.26. The molecule has 15 heavy (non-hydrogen) atoms. The first kappa shape index (κ1) is 12.1. The highest BCUT2D eigenvalue weighted by molar-refractivity contribution is 5.46. The normalized spacial score (nSPS) is 11.5. The molecule has 0 aromatic heterocycles. The molecular formula is C13H22N2. The second kappa shape index (κ2) is 4.67. The van der Waals surface area contributed by atoms with E-state index in [1.165, 1.54) is 11.3 Å². The predicted molar refractivity (Wildman–Crippen MR) is 67.3 cm³/mol. The number of benzene rings is 1. The maximum atomic E-state index is 5.73. The van der Waals surface area contributed by atoms with Gasteiger partial charge in [-0.1, -0.05) is 31.5 Å². The molecule has 0 aliphatic heterocycles. The summed E-state index contributed by atoms with van der Waals surface area (Å²) in [6.07, 6.45) is 0. The summed E-state index contributed by atoms with van der Waals surface area (Å²) in [6, 6.07) is 8.59. The highest BCUT2D eigenvalue weighted by Crippen LogP contribution is 2.20. The third-order valence-corrected chi connectivity index (χ3v) is 2.69. The minimum Gasteiger partial charge on any atom is -0.374 e. The summed E-state index contributed by atoms with van der Waals surface area (Å²) in [5.41, 5.74) is 8.44. The van der Waals surface area contributed by atoms with Crippen LogP contribution in [0.5, 0.6) is 0 Å². The first-order chi connectivity index (χ1) is 6.94. The van der Waals surface area contributed by atoms with E-state index in [0.717, 1.165) is 6.54 Å². The van der Waals surface area contributed by atoms with Crippen molar-refractivity contribution in [1.29, 1.82) is 0 Å². The molecule has 0 atom stereocenters. The van der Waals surface area contributed by atoms with Gasteiger partial charge in [0.2, 0.25) is 0 Å². The summed E-state index contributed by atoms with van der Waals surface area (Å²) in [5.74, 6) is 0. The molecule has 84 valence electrons. The molecule has 1 aromatic carbocycles. The molecule has 0 radical (unpaired) electrons. The Morgan fingerprint density at radius 2 is 1.73 bits per heavy atom. The standard InChI is InChI=1S/C13H22N2/c1-11-5-7-12(8-6-11)15(4)10-13(2,3)9-14/h5-8H,9-10,14H2,1-4H3. The van der Waals surface area contributed by atoms with Crippen LogP contribution in [0.4, 0.5) is 5.69 Å². The average Bonchev–Trinajstić information content (AvgIpc) is 2.18. The van der Waals surface area contributed by atoms with Crippen molar-refractivity contribution in [1.82, 2.24) is 0 Å². The zero-order chi connectivity index (χ0) is 11.5. The van der Waals surface area contributed by atoms with Gasteiger partial charge in [0.1, 0.15) is 0 Å². The Labute approximate surface area is 93.1 Å². The fraction of sp³-hybridized carbons (Fsp3) is 0.538. The summed E-state index contributed by atoms with van der Waals surface area (Å²) in [6.45, 7) is 8.18. The van der Waals surface area contributed by atoms with E-state index in [1.54, 1.807) is 0 Å². The Morgan fingerprint density at radius 3 is 2.20 bits per heavy atom. The van der Waals surface area contributed by atoms with Crippen LogP contribution in [0.3, 0.4) is 0 Å². The topological polar surface area (TPSA) is 29.3 Å². The summed E-state index contributed by atoms with van der Waals surface area (Å²) in [5, 5.41) is 0. The number of aryl methyl sites for hydroxylation is 1. The maximum Gasteiger partial charge on any atom is 0.0363 e. The zero-order valence-electron chi connectivity index (χ0n) is 10.2. The Hall–Kier alpha value is -1.02. The van der Waals surface area contributed by atoms with Gasteiger partial charge in [0, 0.05) is 19.3 Å². The molecule has 1 aromatic rings. The third kappa shape index (κ3) is 3.56. The van der Waals surface area contributed by atoms with Crippen LogP contribution in [-0.2, 0) is 0 Å². The lowest BCUT2D eigenvalue weighted by Gasteiger charge is -2.30. The first-order valence-electron chi connectivity index (χ1n) is 5.42. The minimum absolute atomic E-state index is 0.166. The Balaban J connectivity index is 2.69. The average molecular weight is 206 g/mol. The van der Waals surface area contributed by atoms with Gasteiger partial charge in [0.15, 0.2) is 0 Å². The molecule has 0 saturated carbocycles. The molecule has 0 aliphatic rings. The van der Waals surface area contributed by atoms with Crippen LogP contribution in [-0.4, -0.2) is 20.1 Å². The van der Waals surface area contributed by atoms with E-state index in [4.69, 9.17) is 5.73 Å². The summed E-state index contributed by atoms with van der Waals surface area (Å²) < 4.78 is 0. The minimum atomic E-state index is 0.166. The third-order valence-electron chi connectivity index (χ3n) is 2.69. The van der Waals surface area contributed by atoms with Crippen molar-refractivity contribution in [3.63, 3.8) is 0 Å². The van der Waals surface area contributed by atoms with Gasteiger partial charge in [-0.05, 0) is 31.0 Å². The van der Waals surface area contributed by atoms with Gasteiger partial charge in [0.05, 0.1) is 0 Å². The van der Waals surface area contributed by atoms with Crippen molar-refractivity contribution in [2.45, 2.75) is 20.8 Å². The molecule has 0 aliphatic carbocycles. The Bertz CT molecular complexity index is 301. The number of rotatable bonds is 4. The number of hydrogen-bond acceptors (Lipinski definition) is 2. The molecule has 1 rings (SSSR count). The van der Waals surface area contributed by atoms with Crippen LogP contribution in [0.1, 0.15) is 19.4 Å². The fourth-order valence-corrected chi connectivity index (χ4v) is 1.60. The van der Waals surface area contributed by atoms with Gasteiger partial charge in [0.25, 0.3) is 0 Å². The van der Waals surface area contributed by atoms with E-state index in [9.17, 15) is 0 Å².